The van der Waals surface area contributed by atoms with Crippen molar-refractivity contribution in [2.24, 2.45) is 0 Å². The zero-order valence-electron chi connectivity index (χ0n) is 7.33. The van der Waals surface area contributed by atoms with Crippen LogP contribution in [0.25, 0.3) is 11.3 Å². The van der Waals surface area contributed by atoms with Crippen LogP contribution in [0, 0.1) is 5.82 Å². The van der Waals surface area contributed by atoms with E-state index in [-0.39, 0.29) is 5.82 Å². The van der Waals surface area contributed by atoms with Crippen LogP contribution in [0.2, 0.25) is 0 Å². The Morgan fingerprint density at radius 2 is 2.07 bits per heavy atom. The van der Waals surface area contributed by atoms with E-state index in [1.54, 1.807) is 30.5 Å². The Hall–Kier alpha value is -1.90. The minimum absolute atomic E-state index is 0.299. The summed E-state index contributed by atoms with van der Waals surface area (Å²) < 4.78 is 13.3. The van der Waals surface area contributed by atoms with E-state index in [1.165, 1.54) is 6.07 Å². The highest BCUT2D eigenvalue weighted by Gasteiger charge is 2.05. The van der Waals surface area contributed by atoms with Gasteiger partial charge in [0, 0.05) is 23.0 Å². The molecule has 0 unspecified atom stereocenters. The monoisotopic (exact) mass is 189 g/mol. The van der Waals surface area contributed by atoms with E-state index in [9.17, 15) is 9.18 Å². The summed E-state index contributed by atoms with van der Waals surface area (Å²) >= 11 is 0. The van der Waals surface area contributed by atoms with Gasteiger partial charge in [0.05, 0.1) is 0 Å². The molecule has 2 rings (SSSR count). The maximum Gasteiger partial charge on any atom is 0.151 e. The van der Waals surface area contributed by atoms with E-state index < -0.39 is 0 Å². The second kappa shape index (κ2) is 3.46. The first-order valence-electron chi connectivity index (χ1n) is 4.20. The summed E-state index contributed by atoms with van der Waals surface area (Å²) in [6.45, 7) is 0. The number of H-pyrrole nitrogens is 1. The lowest BCUT2D eigenvalue weighted by Gasteiger charge is -1.98. The molecule has 0 saturated heterocycles. The van der Waals surface area contributed by atoms with E-state index in [0.717, 1.165) is 6.29 Å². The molecule has 0 amide bonds. The Bertz CT molecular complexity index is 462. The molecule has 1 N–H and O–H groups in total. The molecule has 0 bridgehead atoms. The molecule has 0 atom stereocenters. The number of benzene rings is 1. The van der Waals surface area contributed by atoms with E-state index in [0.29, 0.717) is 16.8 Å². The zero-order valence-corrected chi connectivity index (χ0v) is 7.33. The molecule has 2 aromatic rings. The third-order valence-electron chi connectivity index (χ3n) is 2.01. The average Bonchev–Trinajstić information content (AvgIpc) is 2.67. The fraction of sp³-hybridized carbons (Fsp3) is 0. The van der Waals surface area contributed by atoms with Crippen LogP contribution in [0.3, 0.4) is 0 Å². The summed E-state index contributed by atoms with van der Waals surface area (Å²) in [4.78, 5) is 13.3. The standard InChI is InChI=1S/C11H8FNO/c12-10-4-2-1-3-9(10)11-5-8(7-14)6-13-11/h1-7,13H. The maximum atomic E-state index is 13.3. The highest BCUT2D eigenvalue weighted by molar-refractivity contribution is 5.78. The fourth-order valence-electron chi connectivity index (χ4n) is 1.31. The summed E-state index contributed by atoms with van der Waals surface area (Å²) in [7, 11) is 0. The first-order chi connectivity index (χ1) is 6.81. The van der Waals surface area contributed by atoms with Crippen LogP contribution in [-0.2, 0) is 0 Å². The van der Waals surface area contributed by atoms with E-state index >= 15 is 0 Å². The third kappa shape index (κ3) is 1.44. The number of hydrogen-bond acceptors (Lipinski definition) is 1. The average molecular weight is 189 g/mol. The number of carbonyl (C=O) groups is 1. The predicted octanol–water partition coefficient (Wildman–Crippen LogP) is 2.63. The van der Waals surface area contributed by atoms with Crippen LogP contribution < -0.4 is 0 Å². The van der Waals surface area contributed by atoms with Crippen LogP contribution in [0.5, 0.6) is 0 Å². The Morgan fingerprint density at radius 1 is 1.29 bits per heavy atom. The number of nitrogens with one attached hydrogen (secondary N) is 1. The van der Waals surface area contributed by atoms with Crippen molar-refractivity contribution in [1.29, 1.82) is 0 Å². The van der Waals surface area contributed by atoms with Crippen LogP contribution in [0.4, 0.5) is 4.39 Å². The van der Waals surface area contributed by atoms with Crippen molar-refractivity contribution < 1.29 is 9.18 Å². The second-order valence-electron chi connectivity index (χ2n) is 2.94. The van der Waals surface area contributed by atoms with Gasteiger partial charge >= 0.3 is 0 Å². The smallest absolute Gasteiger partial charge is 0.151 e. The zero-order chi connectivity index (χ0) is 9.97. The normalized spacial score (nSPS) is 10.1. The van der Waals surface area contributed by atoms with Gasteiger partial charge in [-0.15, -0.1) is 0 Å². The molecule has 0 fully saturated rings. The first kappa shape index (κ1) is 8.69. The molecule has 1 heterocycles. The maximum absolute atomic E-state index is 13.3. The summed E-state index contributed by atoms with van der Waals surface area (Å²) in [6.07, 6.45) is 2.27. The number of aldehydes is 1. The number of rotatable bonds is 2. The summed E-state index contributed by atoms with van der Waals surface area (Å²) in [5.41, 5.74) is 1.61. The number of aromatic amines is 1. The molecule has 0 radical (unpaired) electrons. The summed E-state index contributed by atoms with van der Waals surface area (Å²) in [5.74, 6) is -0.299. The minimum Gasteiger partial charge on any atom is -0.360 e. The number of aromatic nitrogens is 1. The van der Waals surface area contributed by atoms with E-state index in [1.807, 2.05) is 0 Å². The van der Waals surface area contributed by atoms with Crippen molar-refractivity contribution >= 4 is 6.29 Å². The molecule has 0 aliphatic heterocycles. The van der Waals surface area contributed by atoms with Crippen molar-refractivity contribution in [1.82, 2.24) is 4.98 Å². The Kier molecular flexibility index (Phi) is 2.14. The topological polar surface area (TPSA) is 32.9 Å². The van der Waals surface area contributed by atoms with Crippen molar-refractivity contribution in [2.45, 2.75) is 0 Å². The van der Waals surface area contributed by atoms with E-state index in [2.05, 4.69) is 4.98 Å². The van der Waals surface area contributed by atoms with Crippen molar-refractivity contribution in [3.05, 3.63) is 47.9 Å². The van der Waals surface area contributed by atoms with Crippen molar-refractivity contribution in [2.75, 3.05) is 0 Å². The molecular formula is C11H8FNO. The van der Waals surface area contributed by atoms with Gasteiger partial charge in [-0.1, -0.05) is 12.1 Å². The number of halogens is 1. The SMILES string of the molecule is O=Cc1c[nH]c(-c2ccccc2F)c1. The fourth-order valence-corrected chi connectivity index (χ4v) is 1.31. The first-order valence-corrected chi connectivity index (χ1v) is 4.20. The summed E-state index contributed by atoms with van der Waals surface area (Å²) in [6, 6.07) is 8.04. The van der Waals surface area contributed by atoms with Gasteiger partial charge in [0.25, 0.3) is 0 Å². The Morgan fingerprint density at radius 3 is 2.71 bits per heavy atom. The largest absolute Gasteiger partial charge is 0.360 e. The number of carbonyl (C=O) groups excluding carboxylic acids is 1. The van der Waals surface area contributed by atoms with Gasteiger partial charge < -0.3 is 4.98 Å². The minimum atomic E-state index is -0.299. The molecule has 1 aromatic heterocycles. The second-order valence-corrected chi connectivity index (χ2v) is 2.94. The van der Waals surface area contributed by atoms with Crippen LogP contribution in [-0.4, -0.2) is 11.3 Å². The van der Waals surface area contributed by atoms with Gasteiger partial charge in [-0.05, 0) is 18.2 Å². The highest BCUT2D eigenvalue weighted by Crippen LogP contribution is 2.21. The van der Waals surface area contributed by atoms with Crippen LogP contribution in [0.1, 0.15) is 10.4 Å². The molecule has 14 heavy (non-hydrogen) atoms. The van der Waals surface area contributed by atoms with Gasteiger partial charge in [0.15, 0.2) is 6.29 Å². The lowest BCUT2D eigenvalue weighted by atomic mass is 10.1. The van der Waals surface area contributed by atoms with Crippen LogP contribution in [0.15, 0.2) is 36.5 Å². The van der Waals surface area contributed by atoms with E-state index in [4.69, 9.17) is 0 Å². The Labute approximate surface area is 80.4 Å². The van der Waals surface area contributed by atoms with Gasteiger partial charge in [-0.25, -0.2) is 4.39 Å². The lowest BCUT2D eigenvalue weighted by Crippen LogP contribution is -1.82. The Balaban J connectivity index is 2.49. The molecule has 70 valence electrons. The van der Waals surface area contributed by atoms with Gasteiger partial charge in [-0.2, -0.15) is 0 Å². The third-order valence-corrected chi connectivity index (χ3v) is 2.01. The molecule has 1 aromatic carbocycles. The predicted molar refractivity (Wildman–Crippen MR) is 51.6 cm³/mol. The quantitative estimate of drug-likeness (QED) is 0.724. The summed E-state index contributed by atoms with van der Waals surface area (Å²) in [5, 5.41) is 0. The van der Waals surface area contributed by atoms with Crippen LogP contribution >= 0.6 is 0 Å². The molecule has 3 heteroatoms. The van der Waals surface area contributed by atoms with Crippen molar-refractivity contribution in [3.63, 3.8) is 0 Å². The molecule has 0 spiro atoms. The van der Waals surface area contributed by atoms with Gasteiger partial charge in [0.2, 0.25) is 0 Å². The molecule has 2 nitrogen and oxygen atoms in total. The molecule has 0 saturated carbocycles. The molecule has 0 aliphatic carbocycles. The van der Waals surface area contributed by atoms with Gasteiger partial charge in [-0.3, -0.25) is 4.79 Å². The van der Waals surface area contributed by atoms with Gasteiger partial charge in [0.1, 0.15) is 5.82 Å². The molecule has 0 aliphatic rings. The molecular weight excluding hydrogens is 181 g/mol. The lowest BCUT2D eigenvalue weighted by molar-refractivity contribution is 0.112. The number of hydrogen-bond donors (Lipinski definition) is 1. The highest BCUT2D eigenvalue weighted by atomic mass is 19.1. The van der Waals surface area contributed by atoms with Crippen molar-refractivity contribution in [3.8, 4) is 11.3 Å².